The minimum Gasteiger partial charge on any atom is -0.0620 e. The molecular formula is C15H25. The van der Waals surface area contributed by atoms with Crippen LogP contribution in [-0.2, 0) is 0 Å². The lowest BCUT2D eigenvalue weighted by Gasteiger charge is -2.39. The summed E-state index contributed by atoms with van der Waals surface area (Å²) < 4.78 is 0. The van der Waals surface area contributed by atoms with Crippen molar-refractivity contribution in [3.05, 3.63) is 5.92 Å². The number of rotatable bonds is 0. The van der Waals surface area contributed by atoms with E-state index in [2.05, 4.69) is 27.7 Å². The molecule has 2 bridgehead atoms. The quantitative estimate of drug-likeness (QED) is 0.548. The lowest BCUT2D eigenvalue weighted by atomic mass is 9.66. The highest BCUT2D eigenvalue weighted by molar-refractivity contribution is 5.20. The highest BCUT2D eigenvalue weighted by Crippen LogP contribution is 2.72. The van der Waals surface area contributed by atoms with Crippen LogP contribution in [0.4, 0.5) is 0 Å². The summed E-state index contributed by atoms with van der Waals surface area (Å²) in [5.41, 5.74) is 1.36. The van der Waals surface area contributed by atoms with Gasteiger partial charge < -0.3 is 0 Å². The van der Waals surface area contributed by atoms with Gasteiger partial charge in [0.15, 0.2) is 0 Å². The predicted molar refractivity (Wildman–Crippen MR) is 64.4 cm³/mol. The van der Waals surface area contributed by atoms with Crippen molar-refractivity contribution in [3.63, 3.8) is 0 Å². The van der Waals surface area contributed by atoms with Crippen LogP contribution in [-0.4, -0.2) is 0 Å². The Balaban J connectivity index is 2.04. The Labute approximate surface area is 94.8 Å². The predicted octanol–water partition coefficient (Wildman–Crippen LogP) is 4.45. The SMILES string of the molecule is C[C]1CCC23CC1C(C)(C)C2CCC3C. The van der Waals surface area contributed by atoms with Crippen LogP contribution in [0.2, 0.25) is 0 Å². The van der Waals surface area contributed by atoms with Crippen molar-refractivity contribution in [2.75, 3.05) is 0 Å². The molecule has 0 aromatic carbocycles. The molecule has 0 heteroatoms. The highest BCUT2D eigenvalue weighted by atomic mass is 14.7. The van der Waals surface area contributed by atoms with Crippen molar-refractivity contribution in [2.24, 2.45) is 28.6 Å². The van der Waals surface area contributed by atoms with Crippen LogP contribution < -0.4 is 0 Å². The first-order valence-electron chi connectivity index (χ1n) is 6.81. The molecule has 0 heterocycles. The van der Waals surface area contributed by atoms with Crippen LogP contribution in [0.1, 0.15) is 59.8 Å². The minimum absolute atomic E-state index is 0.603. The molecule has 1 radical (unpaired) electrons. The van der Waals surface area contributed by atoms with Gasteiger partial charge in [-0.15, -0.1) is 0 Å². The van der Waals surface area contributed by atoms with Crippen molar-refractivity contribution >= 4 is 0 Å². The van der Waals surface area contributed by atoms with E-state index in [0.29, 0.717) is 5.41 Å². The summed E-state index contributed by atoms with van der Waals surface area (Å²) in [6, 6.07) is 0. The summed E-state index contributed by atoms with van der Waals surface area (Å²) in [5, 5.41) is 0. The molecule has 85 valence electrons. The first-order valence-corrected chi connectivity index (χ1v) is 6.81. The second kappa shape index (κ2) is 2.81. The molecule has 4 unspecified atom stereocenters. The first kappa shape index (κ1) is 10.2. The fourth-order valence-electron chi connectivity index (χ4n) is 5.61. The Morgan fingerprint density at radius 1 is 1.20 bits per heavy atom. The van der Waals surface area contributed by atoms with Crippen LogP contribution in [0.3, 0.4) is 0 Å². The van der Waals surface area contributed by atoms with Gasteiger partial charge in [0.2, 0.25) is 0 Å². The fourth-order valence-corrected chi connectivity index (χ4v) is 5.61. The summed E-state index contributed by atoms with van der Waals surface area (Å²) in [5.74, 6) is 4.79. The summed E-state index contributed by atoms with van der Waals surface area (Å²) in [7, 11) is 0. The summed E-state index contributed by atoms with van der Waals surface area (Å²) >= 11 is 0. The Kier molecular flexibility index (Phi) is 1.91. The largest absolute Gasteiger partial charge is 0.0620 e. The van der Waals surface area contributed by atoms with Crippen molar-refractivity contribution < 1.29 is 0 Å². The molecule has 0 aliphatic heterocycles. The van der Waals surface area contributed by atoms with E-state index in [4.69, 9.17) is 0 Å². The molecule has 1 spiro atoms. The van der Waals surface area contributed by atoms with Crippen LogP contribution >= 0.6 is 0 Å². The zero-order chi connectivity index (χ0) is 10.8. The molecule has 0 aromatic heterocycles. The molecule has 0 saturated heterocycles. The van der Waals surface area contributed by atoms with E-state index in [9.17, 15) is 0 Å². The van der Waals surface area contributed by atoms with Gasteiger partial charge in [-0.05, 0) is 66.6 Å². The molecule has 4 atom stereocenters. The third kappa shape index (κ3) is 1.04. The second-order valence-corrected chi connectivity index (χ2v) is 7.19. The summed E-state index contributed by atoms with van der Waals surface area (Å²) in [6.45, 7) is 10.1. The van der Waals surface area contributed by atoms with Gasteiger partial charge in [-0.2, -0.15) is 0 Å². The first-order chi connectivity index (χ1) is 6.98. The van der Waals surface area contributed by atoms with E-state index in [1.165, 1.54) is 32.1 Å². The van der Waals surface area contributed by atoms with Gasteiger partial charge in [0, 0.05) is 0 Å². The fraction of sp³-hybridized carbons (Fsp3) is 0.933. The smallest absolute Gasteiger partial charge is 0.0235 e. The number of hydrogen-bond acceptors (Lipinski definition) is 0. The molecule has 3 fully saturated rings. The second-order valence-electron chi connectivity index (χ2n) is 7.19. The van der Waals surface area contributed by atoms with Gasteiger partial charge in [0.1, 0.15) is 0 Å². The molecule has 0 N–H and O–H groups in total. The highest BCUT2D eigenvalue weighted by Gasteiger charge is 2.64. The van der Waals surface area contributed by atoms with E-state index in [0.717, 1.165) is 23.2 Å². The number of fused-ring (bicyclic) bond motifs is 1. The monoisotopic (exact) mass is 205 g/mol. The standard InChI is InChI=1S/C15H25/c1-10-7-8-15-9-12(10)14(3,4)13(15)6-5-11(15)2/h11-13H,5-9H2,1-4H3. The van der Waals surface area contributed by atoms with Crippen LogP contribution in [0.5, 0.6) is 0 Å². The third-order valence-corrected chi connectivity index (χ3v) is 6.52. The van der Waals surface area contributed by atoms with Gasteiger partial charge in [-0.3, -0.25) is 0 Å². The zero-order valence-corrected chi connectivity index (χ0v) is 10.8. The molecule has 3 rings (SSSR count). The molecule has 0 nitrogen and oxygen atoms in total. The molecule has 0 amide bonds. The topological polar surface area (TPSA) is 0 Å². The van der Waals surface area contributed by atoms with E-state index >= 15 is 0 Å². The minimum atomic E-state index is 0.603. The normalized spacial score (nSPS) is 53.2. The lowest BCUT2D eigenvalue weighted by molar-refractivity contribution is 0.117. The molecule has 15 heavy (non-hydrogen) atoms. The maximum atomic E-state index is 2.55. The maximum Gasteiger partial charge on any atom is -0.0235 e. The summed E-state index contributed by atoms with van der Waals surface area (Å²) in [4.78, 5) is 0. The molecular weight excluding hydrogens is 180 g/mol. The van der Waals surface area contributed by atoms with Crippen LogP contribution in [0.15, 0.2) is 0 Å². The van der Waals surface area contributed by atoms with Crippen LogP contribution in [0, 0.1) is 34.5 Å². The van der Waals surface area contributed by atoms with Crippen molar-refractivity contribution in [3.8, 4) is 0 Å². The van der Waals surface area contributed by atoms with E-state index < -0.39 is 0 Å². The van der Waals surface area contributed by atoms with Crippen LogP contribution in [0.25, 0.3) is 0 Å². The Morgan fingerprint density at radius 3 is 2.67 bits per heavy atom. The van der Waals surface area contributed by atoms with Gasteiger partial charge in [0.25, 0.3) is 0 Å². The zero-order valence-electron chi connectivity index (χ0n) is 10.8. The van der Waals surface area contributed by atoms with Gasteiger partial charge in [-0.25, -0.2) is 0 Å². The maximum absolute atomic E-state index is 2.55. The van der Waals surface area contributed by atoms with Gasteiger partial charge in [0.05, 0.1) is 0 Å². The van der Waals surface area contributed by atoms with E-state index in [1.807, 2.05) is 5.92 Å². The lowest BCUT2D eigenvalue weighted by Crippen LogP contribution is -2.30. The third-order valence-electron chi connectivity index (χ3n) is 6.52. The Hall–Kier alpha value is 0. The molecule has 0 aromatic rings. The Morgan fingerprint density at radius 2 is 1.93 bits per heavy atom. The van der Waals surface area contributed by atoms with E-state index in [1.54, 1.807) is 0 Å². The van der Waals surface area contributed by atoms with Gasteiger partial charge >= 0.3 is 0 Å². The average molecular weight is 205 g/mol. The van der Waals surface area contributed by atoms with Crippen molar-refractivity contribution in [1.29, 1.82) is 0 Å². The van der Waals surface area contributed by atoms with Gasteiger partial charge in [-0.1, -0.05) is 27.7 Å². The van der Waals surface area contributed by atoms with Crippen molar-refractivity contribution in [1.82, 2.24) is 0 Å². The summed E-state index contributed by atoms with van der Waals surface area (Å²) in [6.07, 6.45) is 7.47. The molecule has 3 saturated carbocycles. The van der Waals surface area contributed by atoms with E-state index in [-0.39, 0.29) is 0 Å². The Bertz CT molecular complexity index is 278. The van der Waals surface area contributed by atoms with Crippen molar-refractivity contribution in [2.45, 2.75) is 59.8 Å². The average Bonchev–Trinajstić information content (AvgIpc) is 2.57. The molecule has 3 aliphatic carbocycles. The molecule has 3 aliphatic rings. The number of hydrogen-bond donors (Lipinski definition) is 0.